The van der Waals surface area contributed by atoms with Crippen LogP contribution in [0.2, 0.25) is 0 Å². The molecule has 19 heavy (non-hydrogen) atoms. The molecule has 2 atom stereocenters. The van der Waals surface area contributed by atoms with Gasteiger partial charge in [0.05, 0.1) is 17.9 Å². The van der Waals surface area contributed by atoms with E-state index in [-0.39, 0.29) is 5.91 Å². The van der Waals surface area contributed by atoms with Gasteiger partial charge in [0.1, 0.15) is 0 Å². The van der Waals surface area contributed by atoms with Crippen LogP contribution in [0.3, 0.4) is 0 Å². The Hall–Kier alpha value is -1.36. The summed E-state index contributed by atoms with van der Waals surface area (Å²) in [7, 11) is 0. The van der Waals surface area contributed by atoms with Gasteiger partial charge in [-0.05, 0) is 31.2 Å². The van der Waals surface area contributed by atoms with Crippen molar-refractivity contribution < 1.29 is 14.7 Å². The van der Waals surface area contributed by atoms with Gasteiger partial charge in [-0.25, -0.2) is 0 Å². The summed E-state index contributed by atoms with van der Waals surface area (Å²) in [5.41, 5.74) is -0.613. The quantitative estimate of drug-likeness (QED) is 0.891. The Bertz CT molecular complexity index is 457. The Balaban J connectivity index is 2.02. The SMILES string of the molecule is CC1(NC(=O)Cc2cccs2)CCCCC1C(=O)O. The number of amides is 1. The second kappa shape index (κ2) is 5.74. The van der Waals surface area contributed by atoms with Gasteiger partial charge in [0.2, 0.25) is 5.91 Å². The average Bonchev–Trinajstić information content (AvgIpc) is 2.80. The molecular formula is C14H19NO3S. The Labute approximate surface area is 116 Å². The first-order chi connectivity index (χ1) is 9.01. The predicted molar refractivity (Wildman–Crippen MR) is 74.2 cm³/mol. The summed E-state index contributed by atoms with van der Waals surface area (Å²) in [5, 5.41) is 14.2. The first kappa shape index (κ1) is 14.1. The molecule has 0 bridgehead atoms. The van der Waals surface area contributed by atoms with Gasteiger partial charge in [-0.1, -0.05) is 18.9 Å². The number of rotatable bonds is 4. The minimum absolute atomic E-state index is 0.0851. The predicted octanol–water partition coefficient (Wildman–Crippen LogP) is 2.44. The molecule has 104 valence electrons. The van der Waals surface area contributed by atoms with Crippen LogP contribution in [-0.2, 0) is 16.0 Å². The fraction of sp³-hybridized carbons (Fsp3) is 0.571. The van der Waals surface area contributed by atoms with Gasteiger partial charge in [0.25, 0.3) is 0 Å². The smallest absolute Gasteiger partial charge is 0.308 e. The molecule has 1 fully saturated rings. The Morgan fingerprint density at radius 1 is 1.53 bits per heavy atom. The van der Waals surface area contributed by atoms with Gasteiger partial charge >= 0.3 is 5.97 Å². The van der Waals surface area contributed by atoms with Crippen LogP contribution in [0.4, 0.5) is 0 Å². The van der Waals surface area contributed by atoms with E-state index in [0.717, 1.165) is 24.1 Å². The third kappa shape index (κ3) is 3.35. The number of carboxylic acid groups (broad SMARTS) is 1. The highest BCUT2D eigenvalue weighted by Crippen LogP contribution is 2.33. The fourth-order valence-electron chi connectivity index (χ4n) is 2.81. The Kier molecular flexibility index (Phi) is 4.24. The zero-order valence-corrected chi connectivity index (χ0v) is 11.8. The topological polar surface area (TPSA) is 66.4 Å². The van der Waals surface area contributed by atoms with E-state index in [1.54, 1.807) is 11.3 Å². The van der Waals surface area contributed by atoms with Gasteiger partial charge < -0.3 is 10.4 Å². The van der Waals surface area contributed by atoms with Crippen molar-refractivity contribution in [2.45, 2.75) is 44.6 Å². The number of nitrogens with one attached hydrogen (secondary N) is 1. The number of thiophene rings is 1. The Morgan fingerprint density at radius 3 is 2.95 bits per heavy atom. The normalized spacial score (nSPS) is 26.9. The third-order valence-corrected chi connectivity index (χ3v) is 4.72. The largest absolute Gasteiger partial charge is 0.481 e. The molecule has 1 heterocycles. The van der Waals surface area contributed by atoms with E-state index in [4.69, 9.17) is 0 Å². The molecule has 0 saturated heterocycles. The van der Waals surface area contributed by atoms with Crippen LogP contribution in [0.25, 0.3) is 0 Å². The highest BCUT2D eigenvalue weighted by molar-refractivity contribution is 7.10. The van der Waals surface area contributed by atoms with Gasteiger partial charge in [-0.3, -0.25) is 9.59 Å². The fourth-order valence-corrected chi connectivity index (χ4v) is 3.52. The minimum Gasteiger partial charge on any atom is -0.481 e. The molecule has 0 spiro atoms. The molecule has 1 saturated carbocycles. The number of hydrogen-bond donors (Lipinski definition) is 2. The zero-order valence-electron chi connectivity index (χ0n) is 11.0. The number of carbonyl (C=O) groups is 2. The molecule has 1 aliphatic carbocycles. The first-order valence-electron chi connectivity index (χ1n) is 6.57. The lowest BCUT2D eigenvalue weighted by molar-refractivity contribution is -0.146. The van der Waals surface area contributed by atoms with E-state index in [0.29, 0.717) is 12.8 Å². The maximum absolute atomic E-state index is 12.1. The van der Waals surface area contributed by atoms with Crippen LogP contribution in [0.1, 0.15) is 37.5 Å². The monoisotopic (exact) mass is 281 g/mol. The summed E-state index contributed by atoms with van der Waals surface area (Å²) < 4.78 is 0. The summed E-state index contributed by atoms with van der Waals surface area (Å²) in [5.74, 6) is -1.37. The van der Waals surface area contributed by atoms with E-state index in [1.165, 1.54) is 0 Å². The van der Waals surface area contributed by atoms with Gasteiger partial charge in [-0.15, -0.1) is 11.3 Å². The van der Waals surface area contributed by atoms with E-state index in [2.05, 4.69) is 5.32 Å². The zero-order chi connectivity index (χ0) is 13.9. The highest BCUT2D eigenvalue weighted by Gasteiger charge is 2.42. The molecule has 2 N–H and O–H groups in total. The Morgan fingerprint density at radius 2 is 2.32 bits per heavy atom. The standard InChI is InChI=1S/C14H19NO3S/c1-14(7-3-2-6-11(14)13(17)18)15-12(16)9-10-5-4-8-19-10/h4-5,8,11H,2-3,6-7,9H2,1H3,(H,15,16)(H,17,18). The number of hydrogen-bond acceptors (Lipinski definition) is 3. The number of carboxylic acids is 1. The lowest BCUT2D eigenvalue weighted by atomic mass is 9.74. The summed E-state index contributed by atoms with van der Waals surface area (Å²) in [6.45, 7) is 1.86. The molecular weight excluding hydrogens is 262 g/mol. The van der Waals surface area contributed by atoms with Crippen molar-refractivity contribution in [2.24, 2.45) is 5.92 Å². The second-order valence-corrected chi connectivity index (χ2v) is 6.39. The van der Waals surface area contributed by atoms with E-state index in [1.807, 2.05) is 24.4 Å². The van der Waals surface area contributed by atoms with Gasteiger partial charge in [0, 0.05) is 4.88 Å². The molecule has 0 aromatic carbocycles. The van der Waals surface area contributed by atoms with Crippen LogP contribution < -0.4 is 5.32 Å². The van der Waals surface area contributed by atoms with Crippen molar-refractivity contribution in [3.63, 3.8) is 0 Å². The molecule has 4 nitrogen and oxygen atoms in total. The van der Waals surface area contributed by atoms with Crippen molar-refractivity contribution in [1.82, 2.24) is 5.32 Å². The molecule has 2 unspecified atom stereocenters. The third-order valence-electron chi connectivity index (χ3n) is 3.85. The van der Waals surface area contributed by atoms with Gasteiger partial charge in [0.15, 0.2) is 0 Å². The number of aliphatic carboxylic acids is 1. The number of carbonyl (C=O) groups excluding carboxylic acids is 1. The molecule has 1 amide bonds. The van der Waals surface area contributed by atoms with Crippen molar-refractivity contribution in [3.05, 3.63) is 22.4 Å². The molecule has 1 aromatic heterocycles. The van der Waals surface area contributed by atoms with Gasteiger partial charge in [-0.2, -0.15) is 0 Å². The average molecular weight is 281 g/mol. The first-order valence-corrected chi connectivity index (χ1v) is 7.45. The van der Waals surface area contributed by atoms with E-state index >= 15 is 0 Å². The molecule has 5 heteroatoms. The molecule has 0 aliphatic heterocycles. The van der Waals surface area contributed by atoms with Crippen molar-refractivity contribution in [2.75, 3.05) is 0 Å². The molecule has 1 aliphatic rings. The van der Waals surface area contributed by atoms with E-state index in [9.17, 15) is 14.7 Å². The summed E-state index contributed by atoms with van der Waals surface area (Å²) in [6, 6.07) is 3.83. The van der Waals surface area contributed by atoms with Crippen LogP contribution in [0.15, 0.2) is 17.5 Å². The molecule has 2 rings (SSSR count). The highest BCUT2D eigenvalue weighted by atomic mass is 32.1. The summed E-state index contributed by atoms with van der Waals surface area (Å²) in [6.07, 6.45) is 3.61. The van der Waals surface area contributed by atoms with Crippen molar-refractivity contribution >= 4 is 23.2 Å². The lowest BCUT2D eigenvalue weighted by Crippen LogP contribution is -2.55. The van der Waals surface area contributed by atoms with Crippen LogP contribution >= 0.6 is 11.3 Å². The van der Waals surface area contributed by atoms with Crippen LogP contribution in [-0.4, -0.2) is 22.5 Å². The maximum Gasteiger partial charge on any atom is 0.308 e. The summed E-state index contributed by atoms with van der Waals surface area (Å²) in [4.78, 5) is 24.4. The van der Waals surface area contributed by atoms with Crippen molar-refractivity contribution in [1.29, 1.82) is 0 Å². The van der Waals surface area contributed by atoms with Crippen LogP contribution in [0, 0.1) is 5.92 Å². The molecule has 0 radical (unpaired) electrons. The van der Waals surface area contributed by atoms with Crippen molar-refractivity contribution in [3.8, 4) is 0 Å². The minimum atomic E-state index is -0.807. The lowest BCUT2D eigenvalue weighted by Gasteiger charge is -2.39. The van der Waals surface area contributed by atoms with E-state index < -0.39 is 17.4 Å². The van der Waals surface area contributed by atoms with Crippen LogP contribution in [0.5, 0.6) is 0 Å². The molecule has 1 aromatic rings. The maximum atomic E-state index is 12.1. The second-order valence-electron chi connectivity index (χ2n) is 5.36. The summed E-state index contributed by atoms with van der Waals surface area (Å²) >= 11 is 1.54.